The summed E-state index contributed by atoms with van der Waals surface area (Å²) in [5.74, 6) is 3.07. The summed E-state index contributed by atoms with van der Waals surface area (Å²) in [4.78, 5) is 14.6. The number of carbonyl (C=O) groups excluding carboxylic acids is 1. The van der Waals surface area contributed by atoms with Crippen LogP contribution >= 0.6 is 23.4 Å². The summed E-state index contributed by atoms with van der Waals surface area (Å²) in [5, 5.41) is 0.376. The number of alkyl halides is 1. The molecule has 1 aromatic carbocycles. The van der Waals surface area contributed by atoms with Gasteiger partial charge in [-0.2, -0.15) is 11.8 Å². The summed E-state index contributed by atoms with van der Waals surface area (Å²) in [5.41, 5.74) is 0.746. The molecule has 1 fully saturated rings. The molecule has 23 heavy (non-hydrogen) atoms. The van der Waals surface area contributed by atoms with Gasteiger partial charge in [0.25, 0.3) is 0 Å². The third-order valence-corrected chi connectivity index (χ3v) is 6.31. The van der Waals surface area contributed by atoms with Gasteiger partial charge in [0.05, 0.1) is 5.41 Å². The van der Waals surface area contributed by atoms with Gasteiger partial charge in [0.2, 0.25) is 12.7 Å². The Morgan fingerprint density at radius 3 is 2.91 bits per heavy atom. The maximum absolute atomic E-state index is 12.6. The molecule has 0 aromatic heterocycles. The molecule has 0 radical (unpaired) electrons. The molecule has 2 heterocycles. The molecule has 1 saturated heterocycles. The number of amides is 1. The number of nitrogens with zero attached hydrogens (tertiary/aromatic N) is 1. The van der Waals surface area contributed by atoms with Gasteiger partial charge in [0.15, 0.2) is 11.5 Å². The van der Waals surface area contributed by atoms with E-state index in [4.69, 9.17) is 21.1 Å². The van der Waals surface area contributed by atoms with Gasteiger partial charge in [-0.1, -0.05) is 6.07 Å². The lowest BCUT2D eigenvalue weighted by molar-refractivity contribution is -0.139. The summed E-state index contributed by atoms with van der Waals surface area (Å²) in [6.45, 7) is 5.67. The second kappa shape index (κ2) is 6.81. The van der Waals surface area contributed by atoms with Crippen LogP contribution in [0.1, 0.15) is 31.1 Å². The van der Waals surface area contributed by atoms with Crippen LogP contribution in [0.25, 0.3) is 0 Å². The minimum atomic E-state index is -0.495. The van der Waals surface area contributed by atoms with Crippen molar-refractivity contribution in [2.75, 3.05) is 31.5 Å². The molecule has 4 nitrogen and oxygen atoms in total. The van der Waals surface area contributed by atoms with Crippen molar-refractivity contribution in [3.05, 3.63) is 23.8 Å². The van der Waals surface area contributed by atoms with Gasteiger partial charge < -0.3 is 14.4 Å². The van der Waals surface area contributed by atoms with Crippen LogP contribution in [0.4, 0.5) is 0 Å². The molecule has 126 valence electrons. The van der Waals surface area contributed by atoms with Crippen molar-refractivity contribution in [1.82, 2.24) is 4.90 Å². The van der Waals surface area contributed by atoms with Gasteiger partial charge in [-0.25, -0.2) is 0 Å². The van der Waals surface area contributed by atoms with Crippen molar-refractivity contribution in [1.29, 1.82) is 0 Å². The third-order valence-electron chi connectivity index (χ3n) is 4.31. The SMILES string of the molecule is CC(C)(CCl)C(=O)N1CCSC(c2ccc3c(c2)OCO3)CC1. The molecule has 2 aliphatic heterocycles. The van der Waals surface area contributed by atoms with Gasteiger partial charge in [0.1, 0.15) is 0 Å². The van der Waals surface area contributed by atoms with Crippen LogP contribution < -0.4 is 9.47 Å². The molecule has 1 amide bonds. The Kier molecular flexibility index (Phi) is 4.97. The first kappa shape index (κ1) is 16.8. The molecule has 0 spiro atoms. The molecule has 2 aliphatic rings. The Balaban J connectivity index is 1.68. The maximum Gasteiger partial charge on any atom is 0.231 e. The third kappa shape index (κ3) is 3.56. The first-order chi connectivity index (χ1) is 11.0. The lowest BCUT2D eigenvalue weighted by Crippen LogP contribution is -2.43. The molecule has 1 atom stereocenters. The van der Waals surface area contributed by atoms with Crippen LogP contribution in [0, 0.1) is 5.41 Å². The summed E-state index contributed by atoms with van der Waals surface area (Å²) in [6, 6.07) is 6.15. The van der Waals surface area contributed by atoms with E-state index in [-0.39, 0.29) is 5.91 Å². The number of thioether (sulfide) groups is 1. The van der Waals surface area contributed by atoms with Crippen molar-refractivity contribution in [3.8, 4) is 11.5 Å². The smallest absolute Gasteiger partial charge is 0.231 e. The van der Waals surface area contributed by atoms with Crippen LogP contribution in [0.15, 0.2) is 18.2 Å². The lowest BCUT2D eigenvalue weighted by atomic mass is 9.94. The molecule has 0 bridgehead atoms. The molecule has 1 aromatic rings. The van der Waals surface area contributed by atoms with E-state index in [9.17, 15) is 4.79 Å². The highest BCUT2D eigenvalue weighted by atomic mass is 35.5. The average Bonchev–Trinajstić information content (AvgIpc) is 2.89. The number of ether oxygens (including phenoxy) is 2. The molecular weight excluding hydrogens is 334 g/mol. The molecule has 1 unspecified atom stereocenters. The standard InChI is InChI=1S/C17H22ClNO3S/c1-17(2,10-18)16(20)19-6-5-15(23-8-7-19)12-3-4-13-14(9-12)22-11-21-13/h3-4,9,15H,5-8,10-11H2,1-2H3. The van der Waals surface area contributed by atoms with Gasteiger partial charge in [-0.05, 0) is 38.0 Å². The normalized spacial score (nSPS) is 21.2. The minimum Gasteiger partial charge on any atom is -0.454 e. The Morgan fingerprint density at radius 2 is 2.13 bits per heavy atom. The molecule has 6 heteroatoms. The first-order valence-electron chi connectivity index (χ1n) is 7.88. The molecule has 0 saturated carbocycles. The zero-order valence-electron chi connectivity index (χ0n) is 13.5. The molecular formula is C17H22ClNO3S. The summed E-state index contributed by atoms with van der Waals surface area (Å²) in [7, 11) is 0. The van der Waals surface area contributed by atoms with Crippen LogP contribution in [-0.4, -0.2) is 42.3 Å². The van der Waals surface area contributed by atoms with E-state index in [1.54, 1.807) is 0 Å². The van der Waals surface area contributed by atoms with E-state index in [1.165, 1.54) is 5.56 Å². The highest BCUT2D eigenvalue weighted by Crippen LogP contribution is 2.40. The topological polar surface area (TPSA) is 38.8 Å². The quantitative estimate of drug-likeness (QED) is 0.775. The molecule has 0 N–H and O–H groups in total. The van der Waals surface area contributed by atoms with E-state index < -0.39 is 5.41 Å². The second-order valence-electron chi connectivity index (χ2n) is 6.57. The zero-order chi connectivity index (χ0) is 16.4. The van der Waals surface area contributed by atoms with E-state index in [0.29, 0.717) is 17.9 Å². The van der Waals surface area contributed by atoms with Crippen molar-refractivity contribution < 1.29 is 14.3 Å². The summed E-state index contributed by atoms with van der Waals surface area (Å²) in [6.07, 6.45) is 0.939. The van der Waals surface area contributed by atoms with E-state index >= 15 is 0 Å². The fraction of sp³-hybridized carbons (Fsp3) is 0.588. The van der Waals surface area contributed by atoms with Gasteiger partial charge in [0, 0.05) is 30.0 Å². The van der Waals surface area contributed by atoms with Gasteiger partial charge in [-0.3, -0.25) is 4.79 Å². The Hall–Kier alpha value is -1.07. The zero-order valence-corrected chi connectivity index (χ0v) is 15.1. The maximum atomic E-state index is 12.6. The van der Waals surface area contributed by atoms with Crippen LogP contribution in [0.2, 0.25) is 0 Å². The second-order valence-corrected chi connectivity index (χ2v) is 8.15. The monoisotopic (exact) mass is 355 g/mol. The Bertz CT molecular complexity index is 593. The van der Waals surface area contributed by atoms with Crippen molar-refractivity contribution >= 4 is 29.3 Å². The average molecular weight is 356 g/mol. The van der Waals surface area contributed by atoms with Gasteiger partial charge >= 0.3 is 0 Å². The van der Waals surface area contributed by atoms with Crippen LogP contribution in [0.3, 0.4) is 0 Å². The summed E-state index contributed by atoms with van der Waals surface area (Å²) >= 11 is 7.85. The minimum absolute atomic E-state index is 0.152. The number of fused-ring (bicyclic) bond motifs is 1. The lowest BCUT2D eigenvalue weighted by Gasteiger charge is -2.29. The number of carbonyl (C=O) groups is 1. The highest BCUT2D eigenvalue weighted by Gasteiger charge is 2.32. The van der Waals surface area contributed by atoms with Gasteiger partial charge in [-0.15, -0.1) is 11.6 Å². The highest BCUT2D eigenvalue weighted by molar-refractivity contribution is 7.99. The Labute approximate surface area is 146 Å². The number of hydrogen-bond acceptors (Lipinski definition) is 4. The predicted octanol–water partition coefficient (Wildman–Crippen LogP) is 3.69. The Morgan fingerprint density at radius 1 is 1.35 bits per heavy atom. The van der Waals surface area contributed by atoms with Crippen molar-refractivity contribution in [2.24, 2.45) is 5.41 Å². The van der Waals surface area contributed by atoms with Crippen LogP contribution in [0.5, 0.6) is 11.5 Å². The molecule has 0 aliphatic carbocycles. The predicted molar refractivity (Wildman–Crippen MR) is 93.5 cm³/mol. The fourth-order valence-corrected chi connectivity index (χ4v) is 4.17. The fourth-order valence-electron chi connectivity index (χ4n) is 2.84. The number of rotatable bonds is 3. The first-order valence-corrected chi connectivity index (χ1v) is 9.46. The number of hydrogen-bond donors (Lipinski definition) is 0. The number of halogens is 1. The van der Waals surface area contributed by atoms with Crippen molar-refractivity contribution in [3.63, 3.8) is 0 Å². The van der Waals surface area contributed by atoms with Crippen LogP contribution in [-0.2, 0) is 4.79 Å². The van der Waals surface area contributed by atoms with E-state index in [2.05, 4.69) is 12.1 Å². The summed E-state index contributed by atoms with van der Waals surface area (Å²) < 4.78 is 10.8. The van der Waals surface area contributed by atoms with E-state index in [0.717, 1.165) is 36.8 Å². The van der Waals surface area contributed by atoms with E-state index in [1.807, 2.05) is 36.6 Å². The molecule has 3 rings (SSSR count). The number of benzene rings is 1. The van der Waals surface area contributed by atoms with Crippen molar-refractivity contribution in [2.45, 2.75) is 25.5 Å². The largest absolute Gasteiger partial charge is 0.454 e.